The molecule has 1 aliphatic heterocycles. The number of aryl methyl sites for hydroxylation is 1. The highest BCUT2D eigenvalue weighted by atomic mass is 32.1. The largest absolute Gasteiger partial charge is 0.465 e. The van der Waals surface area contributed by atoms with E-state index >= 15 is 0 Å². The van der Waals surface area contributed by atoms with Gasteiger partial charge in [0.05, 0.1) is 19.2 Å². The summed E-state index contributed by atoms with van der Waals surface area (Å²) in [6, 6.07) is 0. The second kappa shape index (κ2) is 7.87. The van der Waals surface area contributed by atoms with Gasteiger partial charge in [-0.3, -0.25) is 9.69 Å². The first-order valence-corrected chi connectivity index (χ1v) is 10.0. The molecule has 1 fully saturated rings. The Labute approximate surface area is 153 Å². The van der Waals surface area contributed by atoms with E-state index in [1.54, 1.807) is 11.3 Å². The number of fused-ring (bicyclic) bond motifs is 1. The van der Waals surface area contributed by atoms with Gasteiger partial charge in [0.15, 0.2) is 0 Å². The minimum Gasteiger partial charge on any atom is -0.465 e. The molecule has 0 radical (unpaired) electrons. The van der Waals surface area contributed by atoms with Crippen molar-refractivity contribution in [3.8, 4) is 0 Å². The summed E-state index contributed by atoms with van der Waals surface area (Å²) in [6.07, 6.45) is 5.34. The van der Waals surface area contributed by atoms with Crippen molar-refractivity contribution < 1.29 is 14.3 Å². The Kier molecular flexibility index (Phi) is 5.79. The number of thiophene rings is 1. The first-order chi connectivity index (χ1) is 12.0. The number of hydrogen-bond acceptors (Lipinski definition) is 5. The monoisotopic (exact) mass is 364 g/mol. The zero-order valence-corrected chi connectivity index (χ0v) is 16.2. The summed E-state index contributed by atoms with van der Waals surface area (Å²) in [6.45, 7) is 6.79. The van der Waals surface area contributed by atoms with E-state index in [0.717, 1.165) is 44.3 Å². The highest BCUT2D eigenvalue weighted by molar-refractivity contribution is 7.17. The summed E-state index contributed by atoms with van der Waals surface area (Å²) in [4.78, 5) is 28.3. The number of piperidine rings is 1. The van der Waals surface area contributed by atoms with E-state index in [1.807, 2.05) is 0 Å². The molecule has 2 atom stereocenters. The summed E-state index contributed by atoms with van der Waals surface area (Å²) in [5.74, 6) is 0.868. The highest BCUT2D eigenvalue weighted by Crippen LogP contribution is 2.38. The number of nitrogens with one attached hydrogen (secondary N) is 1. The van der Waals surface area contributed by atoms with E-state index in [-0.39, 0.29) is 11.9 Å². The number of amides is 1. The van der Waals surface area contributed by atoms with E-state index < -0.39 is 0 Å². The highest BCUT2D eigenvalue weighted by Gasteiger charge is 2.28. The first-order valence-electron chi connectivity index (χ1n) is 9.23. The standard InChI is InChI=1S/C19H28N2O3S/c1-12-8-13(2)10-21(9-12)11-16(22)20-18-17(19(23)24-3)14-6-4-5-7-15(14)25-18/h12-13H,4-11H2,1-3H3,(H,20,22)/t12-,13-/m0/s1. The zero-order valence-electron chi connectivity index (χ0n) is 15.4. The number of esters is 1. The molecule has 0 bridgehead atoms. The Bertz CT molecular complexity index is 645. The predicted octanol–water partition coefficient (Wildman–Crippen LogP) is 3.33. The third kappa shape index (κ3) is 4.23. The smallest absolute Gasteiger partial charge is 0.341 e. The Morgan fingerprint density at radius 3 is 2.56 bits per heavy atom. The molecule has 0 unspecified atom stereocenters. The fourth-order valence-electron chi connectivity index (χ4n) is 4.26. The van der Waals surface area contributed by atoms with Crippen LogP contribution >= 0.6 is 11.3 Å². The van der Waals surface area contributed by atoms with Crippen molar-refractivity contribution in [2.24, 2.45) is 11.8 Å². The van der Waals surface area contributed by atoms with Crippen LogP contribution in [0.4, 0.5) is 5.00 Å². The van der Waals surface area contributed by atoms with E-state index in [1.165, 1.54) is 18.4 Å². The molecule has 138 valence electrons. The molecule has 0 spiro atoms. The van der Waals surface area contributed by atoms with Crippen molar-refractivity contribution in [3.05, 3.63) is 16.0 Å². The Balaban J connectivity index is 1.72. The molecule has 0 saturated carbocycles. The van der Waals surface area contributed by atoms with Gasteiger partial charge >= 0.3 is 5.97 Å². The second-order valence-corrected chi connectivity index (χ2v) is 8.70. The zero-order chi connectivity index (χ0) is 18.0. The lowest BCUT2D eigenvalue weighted by Gasteiger charge is -2.34. The van der Waals surface area contributed by atoms with Crippen LogP contribution < -0.4 is 5.32 Å². The van der Waals surface area contributed by atoms with Crippen molar-refractivity contribution in [3.63, 3.8) is 0 Å². The number of ether oxygens (including phenoxy) is 1. The Hall–Kier alpha value is -1.40. The lowest BCUT2D eigenvalue weighted by atomic mass is 9.92. The number of hydrogen-bond donors (Lipinski definition) is 1. The molecular formula is C19H28N2O3S. The van der Waals surface area contributed by atoms with E-state index in [9.17, 15) is 9.59 Å². The lowest BCUT2D eigenvalue weighted by Crippen LogP contribution is -2.42. The molecule has 2 heterocycles. The van der Waals surface area contributed by atoms with E-state index in [4.69, 9.17) is 4.74 Å². The third-order valence-corrected chi connectivity index (χ3v) is 6.33. The normalized spacial score (nSPS) is 23.8. The van der Waals surface area contributed by atoms with Gasteiger partial charge in [-0.15, -0.1) is 11.3 Å². The van der Waals surface area contributed by atoms with Crippen LogP contribution in [0.25, 0.3) is 0 Å². The van der Waals surface area contributed by atoms with Crippen molar-refractivity contribution in [2.45, 2.75) is 46.0 Å². The maximum absolute atomic E-state index is 12.6. The van der Waals surface area contributed by atoms with Crippen LogP contribution in [0.15, 0.2) is 0 Å². The van der Waals surface area contributed by atoms with Gasteiger partial charge in [-0.2, -0.15) is 0 Å². The minimum atomic E-state index is -0.338. The minimum absolute atomic E-state index is 0.0370. The summed E-state index contributed by atoms with van der Waals surface area (Å²) < 4.78 is 4.97. The summed E-state index contributed by atoms with van der Waals surface area (Å²) in [5, 5.41) is 3.67. The van der Waals surface area contributed by atoms with Crippen molar-refractivity contribution in [1.29, 1.82) is 0 Å². The Morgan fingerprint density at radius 1 is 1.20 bits per heavy atom. The summed E-state index contributed by atoms with van der Waals surface area (Å²) in [7, 11) is 1.40. The molecule has 2 aliphatic rings. The second-order valence-electron chi connectivity index (χ2n) is 7.59. The molecule has 1 aromatic rings. The molecule has 0 aromatic carbocycles. The molecular weight excluding hydrogens is 336 g/mol. The van der Waals surface area contributed by atoms with Gasteiger partial charge in [-0.05, 0) is 49.5 Å². The number of anilines is 1. The van der Waals surface area contributed by atoms with Crippen LogP contribution in [0.5, 0.6) is 0 Å². The maximum atomic E-state index is 12.6. The fraction of sp³-hybridized carbons (Fsp3) is 0.684. The summed E-state index contributed by atoms with van der Waals surface area (Å²) >= 11 is 1.55. The molecule has 1 aliphatic carbocycles. The fourth-order valence-corrected chi connectivity index (χ4v) is 5.56. The van der Waals surface area contributed by atoms with Crippen LogP contribution in [0.2, 0.25) is 0 Å². The number of rotatable bonds is 4. The molecule has 5 nitrogen and oxygen atoms in total. The lowest BCUT2D eigenvalue weighted by molar-refractivity contribution is -0.117. The van der Waals surface area contributed by atoms with Crippen molar-refractivity contribution in [1.82, 2.24) is 4.90 Å². The molecule has 25 heavy (non-hydrogen) atoms. The van der Waals surface area contributed by atoms with Crippen LogP contribution in [0, 0.1) is 11.8 Å². The molecule has 1 N–H and O–H groups in total. The van der Waals surface area contributed by atoms with Gasteiger partial charge < -0.3 is 10.1 Å². The molecule has 3 rings (SSSR count). The quantitative estimate of drug-likeness (QED) is 0.833. The SMILES string of the molecule is COC(=O)c1c(NC(=O)CN2C[C@@H](C)C[C@H](C)C2)sc2c1CCCC2. The van der Waals surface area contributed by atoms with Gasteiger partial charge in [-0.1, -0.05) is 13.8 Å². The van der Waals surface area contributed by atoms with Crippen LogP contribution in [0.3, 0.4) is 0 Å². The molecule has 1 aromatic heterocycles. The van der Waals surface area contributed by atoms with E-state index in [0.29, 0.717) is 28.9 Å². The van der Waals surface area contributed by atoms with Gasteiger partial charge in [0.1, 0.15) is 5.00 Å². The van der Waals surface area contributed by atoms with Crippen LogP contribution in [0.1, 0.15) is 53.9 Å². The van der Waals surface area contributed by atoms with E-state index in [2.05, 4.69) is 24.1 Å². The predicted molar refractivity (Wildman–Crippen MR) is 100 cm³/mol. The summed E-state index contributed by atoms with van der Waals surface area (Å²) in [5.41, 5.74) is 1.66. The van der Waals surface area contributed by atoms with Gasteiger partial charge in [0.2, 0.25) is 5.91 Å². The number of methoxy groups -OCH3 is 1. The number of carbonyl (C=O) groups is 2. The van der Waals surface area contributed by atoms with Crippen molar-refractivity contribution >= 4 is 28.2 Å². The number of likely N-dealkylation sites (tertiary alicyclic amines) is 1. The third-order valence-electron chi connectivity index (χ3n) is 5.13. The van der Waals surface area contributed by atoms with Gasteiger partial charge in [0, 0.05) is 18.0 Å². The maximum Gasteiger partial charge on any atom is 0.341 e. The average molecular weight is 365 g/mol. The van der Waals surface area contributed by atoms with Crippen molar-refractivity contribution in [2.75, 3.05) is 32.1 Å². The molecule has 1 amide bonds. The molecule has 6 heteroatoms. The van der Waals surface area contributed by atoms with Gasteiger partial charge in [0.25, 0.3) is 0 Å². The number of carbonyl (C=O) groups excluding carboxylic acids is 2. The topological polar surface area (TPSA) is 58.6 Å². The first kappa shape index (κ1) is 18.4. The van der Waals surface area contributed by atoms with Crippen LogP contribution in [-0.2, 0) is 22.4 Å². The number of nitrogens with zero attached hydrogens (tertiary/aromatic N) is 1. The van der Waals surface area contributed by atoms with Crippen LogP contribution in [-0.4, -0.2) is 43.5 Å². The average Bonchev–Trinajstić information content (AvgIpc) is 2.90. The Morgan fingerprint density at radius 2 is 1.88 bits per heavy atom. The van der Waals surface area contributed by atoms with Gasteiger partial charge in [-0.25, -0.2) is 4.79 Å². The molecule has 1 saturated heterocycles.